The van der Waals surface area contributed by atoms with E-state index in [2.05, 4.69) is 9.98 Å². The number of hydrogen-bond acceptors (Lipinski definition) is 4. The van der Waals surface area contributed by atoms with E-state index in [1.807, 2.05) is 47.9 Å². The first-order chi connectivity index (χ1) is 5.91. The lowest BCUT2D eigenvalue weighted by Gasteiger charge is -1.95. The average molecular weight is 204 g/mol. The second-order valence-electron chi connectivity index (χ2n) is 1.97. The molecule has 0 radical (unpaired) electrons. The van der Waals surface area contributed by atoms with Gasteiger partial charge in [-0.25, -0.2) is 0 Å². The summed E-state index contributed by atoms with van der Waals surface area (Å²) in [6, 6.07) is 0. The summed E-state index contributed by atoms with van der Waals surface area (Å²) >= 11 is 0. The zero-order valence-corrected chi connectivity index (χ0v) is 9.33. The predicted octanol–water partition coefficient (Wildman–Crippen LogP) is 2.55. The van der Waals surface area contributed by atoms with Gasteiger partial charge in [-0.1, -0.05) is 21.6 Å². The van der Waals surface area contributed by atoms with E-state index in [4.69, 9.17) is 0 Å². The molecule has 0 aliphatic carbocycles. The second kappa shape index (κ2) is 11.0. The molecule has 2 nitrogen and oxygen atoms in total. The molecule has 0 unspecified atom stereocenters. The fraction of sp³-hybridized carbons (Fsp3) is 0.750. The third-order valence-corrected chi connectivity index (χ3v) is 3.42. The molecule has 0 aromatic rings. The number of aliphatic imine (C=N–C) groups is 2. The first-order valence-corrected chi connectivity index (χ1v) is 6.54. The summed E-state index contributed by atoms with van der Waals surface area (Å²) in [5, 5.41) is 0. The van der Waals surface area contributed by atoms with Crippen LogP contribution in [0.4, 0.5) is 0 Å². The van der Waals surface area contributed by atoms with Crippen LogP contribution in [0.1, 0.15) is 13.8 Å². The Labute approximate surface area is 82.7 Å². The average Bonchev–Trinajstić information content (AvgIpc) is 2.10. The van der Waals surface area contributed by atoms with Gasteiger partial charge in [0.25, 0.3) is 0 Å². The molecule has 0 N–H and O–H groups in total. The standard InChI is InChI=1S/C8H16N2S2/c1-3-9-5-7-11-12-8-6-10-4-2/h3-4H,5-8H2,1-2H3. The minimum absolute atomic E-state index is 0.936. The summed E-state index contributed by atoms with van der Waals surface area (Å²) in [6.45, 7) is 5.78. The Morgan fingerprint density at radius 1 is 0.917 bits per heavy atom. The highest BCUT2D eigenvalue weighted by molar-refractivity contribution is 8.76. The van der Waals surface area contributed by atoms with E-state index < -0.39 is 0 Å². The third-order valence-electron chi connectivity index (χ3n) is 1.06. The number of rotatable bonds is 7. The summed E-state index contributed by atoms with van der Waals surface area (Å²) in [7, 11) is 3.75. The normalized spacial score (nSPS) is 11.8. The van der Waals surface area contributed by atoms with Crippen LogP contribution in [0.25, 0.3) is 0 Å². The molecule has 0 bridgehead atoms. The van der Waals surface area contributed by atoms with Crippen LogP contribution in [-0.4, -0.2) is 37.0 Å². The van der Waals surface area contributed by atoms with Gasteiger partial charge in [0.15, 0.2) is 0 Å². The van der Waals surface area contributed by atoms with Crippen molar-refractivity contribution in [1.29, 1.82) is 0 Å². The number of nitrogens with zero attached hydrogens (tertiary/aromatic N) is 2. The van der Waals surface area contributed by atoms with E-state index in [9.17, 15) is 0 Å². The molecule has 0 spiro atoms. The van der Waals surface area contributed by atoms with Crippen molar-refractivity contribution in [3.63, 3.8) is 0 Å². The van der Waals surface area contributed by atoms with Crippen molar-refractivity contribution in [3.8, 4) is 0 Å². The lowest BCUT2D eigenvalue weighted by molar-refractivity contribution is 1.15. The maximum absolute atomic E-state index is 4.12. The van der Waals surface area contributed by atoms with E-state index in [0.29, 0.717) is 0 Å². The first-order valence-electron chi connectivity index (χ1n) is 4.05. The Morgan fingerprint density at radius 3 is 1.67 bits per heavy atom. The first kappa shape index (κ1) is 12.0. The third kappa shape index (κ3) is 10.0. The van der Waals surface area contributed by atoms with Gasteiger partial charge in [0.1, 0.15) is 0 Å². The summed E-state index contributed by atoms with van der Waals surface area (Å²) in [5.74, 6) is 2.20. The van der Waals surface area contributed by atoms with Gasteiger partial charge >= 0.3 is 0 Å². The van der Waals surface area contributed by atoms with Gasteiger partial charge in [-0.05, 0) is 26.3 Å². The molecule has 0 aromatic heterocycles. The molecule has 12 heavy (non-hydrogen) atoms. The summed E-state index contributed by atoms with van der Waals surface area (Å²) < 4.78 is 0. The molecular weight excluding hydrogens is 188 g/mol. The molecule has 0 heterocycles. The molecule has 0 aliphatic rings. The highest BCUT2D eigenvalue weighted by atomic mass is 33.1. The molecular formula is C8H16N2S2. The summed E-state index contributed by atoms with van der Waals surface area (Å²) in [6.07, 6.45) is 3.71. The Hall–Kier alpha value is 0.0400. The molecule has 0 saturated carbocycles. The molecule has 0 aliphatic heterocycles. The van der Waals surface area contributed by atoms with Gasteiger partial charge in [0, 0.05) is 24.6 Å². The highest BCUT2D eigenvalue weighted by Gasteiger charge is 1.87. The zero-order chi connectivity index (χ0) is 9.07. The monoisotopic (exact) mass is 204 g/mol. The van der Waals surface area contributed by atoms with Crippen LogP contribution in [0.2, 0.25) is 0 Å². The molecule has 0 atom stereocenters. The number of hydrogen-bond donors (Lipinski definition) is 0. The Kier molecular flexibility index (Phi) is 11.1. The van der Waals surface area contributed by atoms with Crippen LogP contribution >= 0.6 is 21.6 Å². The lowest BCUT2D eigenvalue weighted by atomic mass is 10.7. The fourth-order valence-corrected chi connectivity index (χ4v) is 2.31. The minimum atomic E-state index is 0.936. The van der Waals surface area contributed by atoms with E-state index >= 15 is 0 Å². The van der Waals surface area contributed by atoms with Crippen LogP contribution in [-0.2, 0) is 0 Å². The lowest BCUT2D eigenvalue weighted by Crippen LogP contribution is -1.85. The van der Waals surface area contributed by atoms with E-state index in [0.717, 1.165) is 24.6 Å². The van der Waals surface area contributed by atoms with Crippen LogP contribution < -0.4 is 0 Å². The minimum Gasteiger partial charge on any atom is -0.297 e. The molecule has 0 saturated heterocycles. The van der Waals surface area contributed by atoms with Gasteiger partial charge < -0.3 is 0 Å². The zero-order valence-electron chi connectivity index (χ0n) is 7.69. The predicted molar refractivity (Wildman–Crippen MR) is 63.0 cm³/mol. The van der Waals surface area contributed by atoms with E-state index in [1.165, 1.54) is 0 Å². The van der Waals surface area contributed by atoms with Crippen molar-refractivity contribution in [2.24, 2.45) is 9.98 Å². The van der Waals surface area contributed by atoms with Gasteiger partial charge in [-0.3, -0.25) is 9.98 Å². The van der Waals surface area contributed by atoms with Gasteiger partial charge in [0.05, 0.1) is 0 Å². The van der Waals surface area contributed by atoms with Gasteiger partial charge in [-0.15, -0.1) is 0 Å². The second-order valence-corrected chi connectivity index (χ2v) is 4.67. The van der Waals surface area contributed by atoms with Crippen molar-refractivity contribution < 1.29 is 0 Å². The molecule has 0 rings (SSSR count). The maximum atomic E-state index is 4.12. The SMILES string of the molecule is CC=NCCSSCCN=CC. The van der Waals surface area contributed by atoms with E-state index in [1.54, 1.807) is 0 Å². The van der Waals surface area contributed by atoms with Crippen LogP contribution in [0.3, 0.4) is 0 Å². The Bertz CT molecular complexity index is 119. The van der Waals surface area contributed by atoms with Crippen molar-refractivity contribution >= 4 is 34.0 Å². The Morgan fingerprint density at radius 2 is 1.33 bits per heavy atom. The molecule has 0 fully saturated rings. The van der Waals surface area contributed by atoms with Crippen LogP contribution in [0, 0.1) is 0 Å². The Balaban J connectivity index is 2.91. The smallest absolute Gasteiger partial charge is 0.0484 e. The molecule has 0 aromatic carbocycles. The van der Waals surface area contributed by atoms with Crippen LogP contribution in [0.5, 0.6) is 0 Å². The molecule has 0 amide bonds. The van der Waals surface area contributed by atoms with Gasteiger partial charge in [-0.2, -0.15) is 0 Å². The van der Waals surface area contributed by atoms with Crippen molar-refractivity contribution in [2.75, 3.05) is 24.6 Å². The summed E-state index contributed by atoms with van der Waals surface area (Å²) in [4.78, 5) is 8.23. The fourth-order valence-electron chi connectivity index (χ4n) is 0.556. The van der Waals surface area contributed by atoms with Crippen molar-refractivity contribution in [2.45, 2.75) is 13.8 Å². The van der Waals surface area contributed by atoms with E-state index in [-0.39, 0.29) is 0 Å². The largest absolute Gasteiger partial charge is 0.297 e. The van der Waals surface area contributed by atoms with Gasteiger partial charge in [0.2, 0.25) is 0 Å². The highest BCUT2D eigenvalue weighted by Crippen LogP contribution is 2.19. The van der Waals surface area contributed by atoms with Crippen LogP contribution in [0.15, 0.2) is 9.98 Å². The van der Waals surface area contributed by atoms with Crippen molar-refractivity contribution in [3.05, 3.63) is 0 Å². The van der Waals surface area contributed by atoms with Crippen molar-refractivity contribution in [1.82, 2.24) is 0 Å². The maximum Gasteiger partial charge on any atom is 0.0484 e. The molecule has 70 valence electrons. The quantitative estimate of drug-likeness (QED) is 0.362. The molecule has 4 heteroatoms. The summed E-state index contributed by atoms with van der Waals surface area (Å²) in [5.41, 5.74) is 0. The topological polar surface area (TPSA) is 24.7 Å².